The minimum atomic E-state index is -0.798. The van der Waals surface area contributed by atoms with Crippen LogP contribution in [0.15, 0.2) is 30.3 Å². The number of benzene rings is 1. The van der Waals surface area contributed by atoms with Gasteiger partial charge in [-0.3, -0.25) is 9.69 Å². The van der Waals surface area contributed by atoms with Gasteiger partial charge in [-0.05, 0) is 18.4 Å². The van der Waals surface area contributed by atoms with Crippen molar-refractivity contribution in [3.8, 4) is 0 Å². The second-order valence-corrected chi connectivity index (χ2v) is 4.78. The molecule has 18 heavy (non-hydrogen) atoms. The highest BCUT2D eigenvalue weighted by atomic mass is 35.5. The molecule has 5 heteroatoms. The van der Waals surface area contributed by atoms with Gasteiger partial charge >= 0.3 is 0 Å². The molecule has 1 amide bonds. The standard InChI is InChI=1S/C13H19N3O.ClH/c14-12(17)13(15)6-8-16(9-7-13)10-11-4-2-1-3-5-11;/h1-5H,6-10,15H2,(H2,14,17);1H. The fraction of sp³-hybridized carbons (Fsp3) is 0.462. The number of piperidine rings is 1. The van der Waals surface area contributed by atoms with Crippen molar-refractivity contribution in [3.63, 3.8) is 0 Å². The Balaban J connectivity index is 0.00000162. The number of rotatable bonds is 3. The van der Waals surface area contributed by atoms with E-state index in [-0.39, 0.29) is 18.3 Å². The van der Waals surface area contributed by atoms with Crippen molar-refractivity contribution >= 4 is 18.3 Å². The maximum absolute atomic E-state index is 11.2. The van der Waals surface area contributed by atoms with Crippen molar-refractivity contribution in [3.05, 3.63) is 35.9 Å². The summed E-state index contributed by atoms with van der Waals surface area (Å²) in [6.45, 7) is 2.57. The average Bonchev–Trinajstić information content (AvgIpc) is 2.33. The molecule has 1 saturated heterocycles. The zero-order valence-corrected chi connectivity index (χ0v) is 11.2. The Labute approximate surface area is 114 Å². The third-order valence-corrected chi connectivity index (χ3v) is 3.49. The third-order valence-electron chi connectivity index (χ3n) is 3.49. The minimum absolute atomic E-state index is 0. The quantitative estimate of drug-likeness (QED) is 0.856. The lowest BCUT2D eigenvalue weighted by molar-refractivity contribution is -0.124. The van der Waals surface area contributed by atoms with E-state index in [4.69, 9.17) is 11.5 Å². The van der Waals surface area contributed by atoms with Crippen LogP contribution in [0.2, 0.25) is 0 Å². The van der Waals surface area contributed by atoms with Gasteiger partial charge in [0, 0.05) is 19.6 Å². The minimum Gasteiger partial charge on any atom is -0.368 e. The number of nitrogens with two attached hydrogens (primary N) is 2. The summed E-state index contributed by atoms with van der Waals surface area (Å²) < 4.78 is 0. The molecule has 0 spiro atoms. The molecule has 4 N–H and O–H groups in total. The Hall–Kier alpha value is -1.10. The third kappa shape index (κ3) is 3.45. The van der Waals surface area contributed by atoms with E-state index in [1.165, 1.54) is 5.56 Å². The molecule has 0 aromatic heterocycles. The number of hydrogen-bond donors (Lipinski definition) is 2. The molecule has 2 rings (SSSR count). The van der Waals surface area contributed by atoms with Gasteiger partial charge in [-0.25, -0.2) is 0 Å². The van der Waals surface area contributed by atoms with E-state index >= 15 is 0 Å². The first-order valence-corrected chi connectivity index (χ1v) is 5.95. The lowest BCUT2D eigenvalue weighted by Crippen LogP contribution is -2.58. The Kier molecular flexibility index (Phi) is 5.14. The summed E-state index contributed by atoms with van der Waals surface area (Å²) in [6, 6.07) is 10.3. The van der Waals surface area contributed by atoms with Gasteiger partial charge in [-0.2, -0.15) is 0 Å². The van der Waals surface area contributed by atoms with Crippen molar-refractivity contribution in [2.24, 2.45) is 11.5 Å². The van der Waals surface area contributed by atoms with Gasteiger partial charge in [0.1, 0.15) is 0 Å². The summed E-state index contributed by atoms with van der Waals surface area (Å²) in [5.41, 5.74) is 11.8. The Morgan fingerprint density at radius 1 is 1.22 bits per heavy atom. The first kappa shape index (κ1) is 15.0. The Bertz CT molecular complexity index is 388. The van der Waals surface area contributed by atoms with Crippen LogP contribution in [0.5, 0.6) is 0 Å². The fourth-order valence-corrected chi connectivity index (χ4v) is 2.20. The summed E-state index contributed by atoms with van der Waals surface area (Å²) in [5, 5.41) is 0. The molecule has 100 valence electrons. The maximum Gasteiger partial charge on any atom is 0.237 e. The van der Waals surface area contributed by atoms with E-state index in [1.807, 2.05) is 18.2 Å². The molecule has 0 aliphatic carbocycles. The van der Waals surface area contributed by atoms with Gasteiger partial charge in [0.15, 0.2) is 0 Å². The topological polar surface area (TPSA) is 72.3 Å². The molecule has 1 aliphatic rings. The predicted molar refractivity (Wildman–Crippen MR) is 74.3 cm³/mol. The summed E-state index contributed by atoms with van der Waals surface area (Å²) in [5.74, 6) is -0.378. The largest absolute Gasteiger partial charge is 0.368 e. The summed E-state index contributed by atoms with van der Waals surface area (Å²) in [7, 11) is 0. The molecule has 1 fully saturated rings. The van der Waals surface area contributed by atoms with Crippen LogP contribution in [0.3, 0.4) is 0 Å². The predicted octanol–water partition coefficient (Wildman–Crippen LogP) is 0.887. The highest BCUT2D eigenvalue weighted by molar-refractivity contribution is 5.85. The van der Waals surface area contributed by atoms with Crippen LogP contribution in [0.1, 0.15) is 18.4 Å². The van der Waals surface area contributed by atoms with Crippen molar-refractivity contribution in [1.29, 1.82) is 0 Å². The Morgan fingerprint density at radius 3 is 2.28 bits per heavy atom. The van der Waals surface area contributed by atoms with E-state index < -0.39 is 5.54 Å². The molecule has 0 saturated carbocycles. The van der Waals surface area contributed by atoms with Crippen LogP contribution >= 0.6 is 12.4 Å². The molecule has 0 atom stereocenters. The number of amides is 1. The van der Waals surface area contributed by atoms with E-state index in [9.17, 15) is 4.79 Å². The normalized spacial score (nSPS) is 18.9. The zero-order chi connectivity index (χ0) is 12.3. The molecule has 0 bridgehead atoms. The molecule has 1 aromatic rings. The van der Waals surface area contributed by atoms with Crippen LogP contribution in [-0.4, -0.2) is 29.4 Å². The van der Waals surface area contributed by atoms with Crippen LogP contribution in [0.4, 0.5) is 0 Å². The molecule has 0 radical (unpaired) electrons. The number of halogens is 1. The number of nitrogens with zero attached hydrogens (tertiary/aromatic N) is 1. The van der Waals surface area contributed by atoms with E-state index in [0.29, 0.717) is 12.8 Å². The van der Waals surface area contributed by atoms with Gasteiger partial charge in [0.25, 0.3) is 0 Å². The summed E-state index contributed by atoms with van der Waals surface area (Å²) >= 11 is 0. The Morgan fingerprint density at radius 2 is 1.78 bits per heavy atom. The average molecular weight is 270 g/mol. The van der Waals surface area contributed by atoms with E-state index in [2.05, 4.69) is 17.0 Å². The van der Waals surface area contributed by atoms with Crippen molar-refractivity contribution < 1.29 is 4.79 Å². The van der Waals surface area contributed by atoms with Crippen molar-refractivity contribution in [2.75, 3.05) is 13.1 Å². The first-order valence-electron chi connectivity index (χ1n) is 5.95. The molecule has 4 nitrogen and oxygen atoms in total. The highest BCUT2D eigenvalue weighted by Gasteiger charge is 2.35. The molecular formula is C13H20ClN3O. The van der Waals surface area contributed by atoms with Gasteiger partial charge in [0.2, 0.25) is 5.91 Å². The lowest BCUT2D eigenvalue weighted by Gasteiger charge is -2.36. The zero-order valence-electron chi connectivity index (χ0n) is 10.3. The van der Waals surface area contributed by atoms with Gasteiger partial charge in [0.05, 0.1) is 5.54 Å². The van der Waals surface area contributed by atoms with Crippen LogP contribution in [0, 0.1) is 0 Å². The monoisotopic (exact) mass is 269 g/mol. The van der Waals surface area contributed by atoms with Gasteiger partial charge < -0.3 is 11.5 Å². The second kappa shape index (κ2) is 6.18. The smallest absolute Gasteiger partial charge is 0.237 e. The number of carbonyl (C=O) groups excluding carboxylic acids is 1. The fourth-order valence-electron chi connectivity index (χ4n) is 2.20. The van der Waals surface area contributed by atoms with E-state index in [0.717, 1.165) is 19.6 Å². The number of carbonyl (C=O) groups is 1. The summed E-state index contributed by atoms with van der Waals surface area (Å²) in [6.07, 6.45) is 1.30. The molecular weight excluding hydrogens is 250 g/mol. The van der Waals surface area contributed by atoms with Crippen LogP contribution in [-0.2, 0) is 11.3 Å². The molecule has 1 aliphatic heterocycles. The number of likely N-dealkylation sites (tertiary alicyclic amines) is 1. The van der Waals surface area contributed by atoms with Crippen LogP contribution in [0.25, 0.3) is 0 Å². The van der Waals surface area contributed by atoms with Crippen LogP contribution < -0.4 is 11.5 Å². The summed E-state index contributed by atoms with van der Waals surface area (Å²) in [4.78, 5) is 13.5. The highest BCUT2D eigenvalue weighted by Crippen LogP contribution is 2.20. The molecule has 1 heterocycles. The van der Waals surface area contributed by atoms with Gasteiger partial charge in [-0.1, -0.05) is 30.3 Å². The van der Waals surface area contributed by atoms with Crippen molar-refractivity contribution in [2.45, 2.75) is 24.9 Å². The second-order valence-electron chi connectivity index (χ2n) is 4.78. The number of primary amides is 1. The van der Waals surface area contributed by atoms with Gasteiger partial charge in [-0.15, -0.1) is 12.4 Å². The van der Waals surface area contributed by atoms with E-state index in [1.54, 1.807) is 0 Å². The molecule has 0 unspecified atom stereocenters. The van der Waals surface area contributed by atoms with Crippen molar-refractivity contribution in [1.82, 2.24) is 4.90 Å². The maximum atomic E-state index is 11.2. The lowest BCUT2D eigenvalue weighted by atomic mass is 9.88. The first-order chi connectivity index (χ1) is 8.10. The SMILES string of the molecule is Cl.NC(=O)C1(N)CCN(Cc2ccccc2)CC1. The molecule has 1 aromatic carbocycles. The number of hydrogen-bond acceptors (Lipinski definition) is 3.